The Morgan fingerprint density at radius 1 is 1.70 bits per heavy atom. The molecular formula is C7H15NO2. The molecule has 0 rings (SSSR count). The number of carbonyl (C=O) groups excluding carboxylic acids is 1. The third-order valence-corrected chi connectivity index (χ3v) is 1.47. The number of unbranched alkanes of at least 4 members (excludes halogenated alkanes) is 1. The van der Waals surface area contributed by atoms with Crippen LogP contribution in [0.1, 0.15) is 26.2 Å². The van der Waals surface area contributed by atoms with E-state index in [0.717, 1.165) is 19.3 Å². The third-order valence-electron chi connectivity index (χ3n) is 1.47. The molecule has 0 radical (unpaired) electrons. The summed E-state index contributed by atoms with van der Waals surface area (Å²) < 4.78 is 0. The monoisotopic (exact) mass is 145 g/mol. The van der Waals surface area contributed by atoms with E-state index in [9.17, 15) is 4.79 Å². The zero-order valence-electron chi connectivity index (χ0n) is 6.29. The van der Waals surface area contributed by atoms with E-state index in [0.29, 0.717) is 6.29 Å². The number of hydrogen-bond acceptors (Lipinski definition) is 3. The lowest BCUT2D eigenvalue weighted by molar-refractivity contribution is -0.115. The normalized spacial score (nSPS) is 16.3. The van der Waals surface area contributed by atoms with Gasteiger partial charge in [-0.05, 0) is 6.42 Å². The van der Waals surface area contributed by atoms with E-state index in [2.05, 4.69) is 0 Å². The van der Waals surface area contributed by atoms with Gasteiger partial charge in [0.25, 0.3) is 0 Å². The highest BCUT2D eigenvalue weighted by molar-refractivity contribution is 5.56. The molecule has 0 saturated carbocycles. The first kappa shape index (κ1) is 9.59. The third kappa shape index (κ3) is 3.58. The summed E-state index contributed by atoms with van der Waals surface area (Å²) in [5, 5.41) is 8.86. The summed E-state index contributed by atoms with van der Waals surface area (Å²) >= 11 is 0. The zero-order valence-corrected chi connectivity index (χ0v) is 6.29. The van der Waals surface area contributed by atoms with Crippen LogP contribution in [0.2, 0.25) is 0 Å². The van der Waals surface area contributed by atoms with Crippen LogP contribution in [0.15, 0.2) is 0 Å². The first-order chi connectivity index (χ1) is 4.72. The van der Waals surface area contributed by atoms with Gasteiger partial charge in [0.1, 0.15) is 12.4 Å². The van der Waals surface area contributed by atoms with Crippen LogP contribution >= 0.6 is 0 Å². The van der Waals surface area contributed by atoms with Gasteiger partial charge in [0.15, 0.2) is 0 Å². The fourth-order valence-corrected chi connectivity index (χ4v) is 0.712. The maximum Gasteiger partial charge on any atom is 0.150 e. The number of aldehydes is 1. The van der Waals surface area contributed by atoms with Crippen molar-refractivity contribution >= 4 is 6.29 Å². The van der Waals surface area contributed by atoms with E-state index in [4.69, 9.17) is 10.8 Å². The summed E-state index contributed by atoms with van der Waals surface area (Å²) in [6.07, 6.45) is 2.23. The fraction of sp³-hybridized carbons (Fsp3) is 0.857. The minimum atomic E-state index is -0.980. The number of rotatable bonds is 5. The Kier molecular flexibility index (Phi) is 5.16. The number of hydrogen-bond donors (Lipinski definition) is 2. The van der Waals surface area contributed by atoms with Crippen LogP contribution < -0.4 is 5.73 Å². The molecule has 0 bridgehead atoms. The number of carbonyl (C=O) groups is 1. The molecule has 2 atom stereocenters. The highest BCUT2D eigenvalue weighted by Crippen LogP contribution is 2.00. The molecule has 3 N–H and O–H groups in total. The summed E-state index contributed by atoms with van der Waals surface area (Å²) in [7, 11) is 0. The van der Waals surface area contributed by atoms with Gasteiger partial charge in [-0.2, -0.15) is 0 Å². The molecule has 0 unspecified atom stereocenters. The Labute approximate surface area is 61.2 Å². The molecule has 0 fully saturated rings. The zero-order chi connectivity index (χ0) is 7.98. The van der Waals surface area contributed by atoms with E-state index in [1.807, 2.05) is 6.92 Å². The maximum absolute atomic E-state index is 9.98. The second-order valence-corrected chi connectivity index (χ2v) is 2.43. The Balaban J connectivity index is 3.40. The van der Waals surface area contributed by atoms with Gasteiger partial charge in [-0.3, -0.25) is 0 Å². The summed E-state index contributed by atoms with van der Waals surface area (Å²) in [6, 6.07) is -0.377. The molecule has 0 spiro atoms. The minimum Gasteiger partial charge on any atom is -0.384 e. The van der Waals surface area contributed by atoms with Gasteiger partial charge in [0, 0.05) is 6.04 Å². The first-order valence-electron chi connectivity index (χ1n) is 3.61. The van der Waals surface area contributed by atoms with Gasteiger partial charge in [0.05, 0.1) is 0 Å². The predicted octanol–water partition coefficient (Wildman–Crippen LogP) is 0.0637. The topological polar surface area (TPSA) is 63.3 Å². The largest absolute Gasteiger partial charge is 0.384 e. The lowest BCUT2D eigenvalue weighted by Crippen LogP contribution is -2.35. The molecule has 0 aromatic rings. The quantitative estimate of drug-likeness (QED) is 0.538. The van der Waals surface area contributed by atoms with Crippen molar-refractivity contribution in [2.75, 3.05) is 0 Å². The summed E-state index contributed by atoms with van der Waals surface area (Å²) in [6.45, 7) is 2.04. The molecule has 60 valence electrons. The molecule has 0 amide bonds. The average molecular weight is 145 g/mol. The standard InChI is InChI=1S/C7H15NO2/c1-2-3-4-6(8)7(10)5-9/h5-7,10H,2-4,8H2,1H3/t6-,7-/m1/s1. The van der Waals surface area contributed by atoms with E-state index in [1.54, 1.807) is 0 Å². The van der Waals surface area contributed by atoms with E-state index >= 15 is 0 Å². The predicted molar refractivity (Wildman–Crippen MR) is 39.6 cm³/mol. The summed E-state index contributed by atoms with van der Waals surface area (Å²) in [5.74, 6) is 0. The van der Waals surface area contributed by atoms with E-state index in [1.165, 1.54) is 0 Å². The molecule has 0 aromatic carbocycles. The lowest BCUT2D eigenvalue weighted by Gasteiger charge is -2.11. The minimum absolute atomic E-state index is 0.377. The highest BCUT2D eigenvalue weighted by atomic mass is 16.3. The number of aliphatic hydroxyl groups excluding tert-OH is 1. The van der Waals surface area contributed by atoms with Crippen molar-refractivity contribution in [3.63, 3.8) is 0 Å². The van der Waals surface area contributed by atoms with Gasteiger partial charge in [0.2, 0.25) is 0 Å². The SMILES string of the molecule is CCCC[C@@H](N)[C@H](O)C=O. The van der Waals surface area contributed by atoms with Gasteiger partial charge in [-0.15, -0.1) is 0 Å². The lowest BCUT2D eigenvalue weighted by atomic mass is 10.1. The van der Waals surface area contributed by atoms with Crippen LogP contribution in [0.5, 0.6) is 0 Å². The molecule has 0 aliphatic heterocycles. The van der Waals surface area contributed by atoms with Crippen molar-refractivity contribution in [3.8, 4) is 0 Å². The molecule has 0 heterocycles. The molecule has 0 aromatic heterocycles. The van der Waals surface area contributed by atoms with Gasteiger partial charge in [-0.1, -0.05) is 19.8 Å². The molecular weight excluding hydrogens is 130 g/mol. The Bertz CT molecular complexity index is 95.6. The summed E-state index contributed by atoms with van der Waals surface area (Å²) in [4.78, 5) is 9.98. The van der Waals surface area contributed by atoms with Crippen LogP contribution in [-0.4, -0.2) is 23.5 Å². The second kappa shape index (κ2) is 5.38. The molecule has 0 aliphatic carbocycles. The Morgan fingerprint density at radius 3 is 2.70 bits per heavy atom. The Hall–Kier alpha value is -0.410. The van der Waals surface area contributed by atoms with Crippen molar-refractivity contribution in [2.45, 2.75) is 38.3 Å². The molecule has 3 nitrogen and oxygen atoms in total. The van der Waals surface area contributed by atoms with Crippen LogP contribution in [0.3, 0.4) is 0 Å². The molecule has 0 saturated heterocycles. The Morgan fingerprint density at radius 2 is 2.30 bits per heavy atom. The molecule has 0 aliphatic rings. The first-order valence-corrected chi connectivity index (χ1v) is 3.61. The second-order valence-electron chi connectivity index (χ2n) is 2.43. The van der Waals surface area contributed by atoms with Crippen molar-refractivity contribution in [3.05, 3.63) is 0 Å². The highest BCUT2D eigenvalue weighted by Gasteiger charge is 2.11. The van der Waals surface area contributed by atoms with Crippen molar-refractivity contribution in [1.82, 2.24) is 0 Å². The van der Waals surface area contributed by atoms with Gasteiger partial charge >= 0.3 is 0 Å². The number of nitrogens with two attached hydrogens (primary N) is 1. The van der Waals surface area contributed by atoms with Crippen molar-refractivity contribution < 1.29 is 9.90 Å². The van der Waals surface area contributed by atoms with Crippen LogP contribution in [0, 0.1) is 0 Å². The van der Waals surface area contributed by atoms with Gasteiger partial charge in [-0.25, -0.2) is 0 Å². The molecule has 3 heteroatoms. The molecule has 10 heavy (non-hydrogen) atoms. The smallest absolute Gasteiger partial charge is 0.150 e. The van der Waals surface area contributed by atoms with E-state index in [-0.39, 0.29) is 6.04 Å². The van der Waals surface area contributed by atoms with Crippen molar-refractivity contribution in [1.29, 1.82) is 0 Å². The fourth-order valence-electron chi connectivity index (χ4n) is 0.712. The van der Waals surface area contributed by atoms with E-state index < -0.39 is 6.10 Å². The van der Waals surface area contributed by atoms with Crippen LogP contribution in [0.4, 0.5) is 0 Å². The van der Waals surface area contributed by atoms with Crippen LogP contribution in [0.25, 0.3) is 0 Å². The number of aliphatic hydroxyl groups is 1. The summed E-state index contributed by atoms with van der Waals surface area (Å²) in [5.41, 5.74) is 5.43. The van der Waals surface area contributed by atoms with Crippen LogP contribution in [-0.2, 0) is 4.79 Å². The average Bonchev–Trinajstić information content (AvgIpc) is 1.98. The van der Waals surface area contributed by atoms with Gasteiger partial charge < -0.3 is 15.6 Å². The maximum atomic E-state index is 9.98. The van der Waals surface area contributed by atoms with Crippen molar-refractivity contribution in [2.24, 2.45) is 5.73 Å².